The second kappa shape index (κ2) is 7.29. The number of aliphatic imine (C=N–C) groups is 1. The Morgan fingerprint density at radius 3 is 2.78 bits per heavy atom. The van der Waals surface area contributed by atoms with Crippen molar-refractivity contribution in [3.05, 3.63) is 55.8 Å². The van der Waals surface area contributed by atoms with E-state index in [1.165, 1.54) is 6.21 Å². The summed E-state index contributed by atoms with van der Waals surface area (Å²) in [4.78, 5) is 16.9. The van der Waals surface area contributed by atoms with E-state index in [4.69, 9.17) is 0 Å². The first-order valence-electron chi connectivity index (χ1n) is 8.11. The van der Waals surface area contributed by atoms with Crippen LogP contribution < -0.4 is 5.56 Å². The number of aromatic hydroxyl groups is 1. The third-order valence-corrected chi connectivity index (χ3v) is 6.76. The molecule has 0 unspecified atom stereocenters. The second-order valence-corrected chi connectivity index (χ2v) is 9.46. The van der Waals surface area contributed by atoms with Gasteiger partial charge in [0.2, 0.25) is 5.88 Å². The van der Waals surface area contributed by atoms with Gasteiger partial charge in [0.15, 0.2) is 9.84 Å². The topological polar surface area (TPSA) is 113 Å². The lowest BCUT2D eigenvalue weighted by molar-refractivity contribution is 0.379. The van der Waals surface area contributed by atoms with Gasteiger partial charge in [-0.1, -0.05) is 22.0 Å². The Morgan fingerprint density at radius 2 is 2.19 bits per heavy atom. The van der Waals surface area contributed by atoms with Crippen molar-refractivity contribution in [2.75, 3.05) is 11.5 Å². The quantitative estimate of drug-likeness (QED) is 0.723. The minimum Gasteiger partial charge on any atom is -0.494 e. The highest BCUT2D eigenvalue weighted by Crippen LogP contribution is 2.30. The molecule has 27 heavy (non-hydrogen) atoms. The summed E-state index contributed by atoms with van der Waals surface area (Å²) in [6.45, 7) is 1.55. The minimum absolute atomic E-state index is 0.0548. The highest BCUT2D eigenvalue weighted by molar-refractivity contribution is 9.10. The minimum atomic E-state index is -3.27. The predicted octanol–water partition coefficient (Wildman–Crippen LogP) is 2.61. The Hall–Kier alpha value is -2.44. The maximum Gasteiger partial charge on any atom is 0.271 e. The average Bonchev–Trinajstić information content (AvgIpc) is 2.94. The molecule has 0 bridgehead atoms. The van der Waals surface area contributed by atoms with E-state index >= 15 is 0 Å². The van der Waals surface area contributed by atoms with E-state index in [1.54, 1.807) is 25.1 Å². The Bertz CT molecular complexity index is 1150. The smallest absolute Gasteiger partial charge is 0.271 e. The standard InChI is InChI=1S/C18H16BrN3O4S/c1-11-15(8-20)17(23)22(14-5-6-27(25,26)10-14)18(24)16(11)9-21-13-4-2-3-12(19)7-13/h2-4,7,9,14,24H,5-6,10H2,1H3/t14-/m0/s1. The number of aromatic nitrogens is 1. The van der Waals surface area contributed by atoms with Crippen LogP contribution in [0.4, 0.5) is 5.69 Å². The summed E-state index contributed by atoms with van der Waals surface area (Å²) < 4.78 is 25.4. The molecule has 7 nitrogen and oxygen atoms in total. The monoisotopic (exact) mass is 449 g/mol. The first kappa shape index (κ1) is 19.3. The van der Waals surface area contributed by atoms with Crippen LogP contribution >= 0.6 is 15.9 Å². The zero-order valence-corrected chi connectivity index (χ0v) is 16.8. The molecule has 1 N–H and O–H groups in total. The number of sulfone groups is 1. The molecule has 0 spiro atoms. The third-order valence-electron chi connectivity index (χ3n) is 4.52. The molecule has 0 radical (unpaired) electrons. The molecule has 1 aromatic heterocycles. The van der Waals surface area contributed by atoms with E-state index in [2.05, 4.69) is 20.9 Å². The molecule has 1 saturated heterocycles. The summed E-state index contributed by atoms with van der Waals surface area (Å²) in [5, 5.41) is 20.1. The van der Waals surface area contributed by atoms with Crippen molar-refractivity contribution >= 4 is 37.7 Å². The summed E-state index contributed by atoms with van der Waals surface area (Å²) in [7, 11) is -3.27. The van der Waals surface area contributed by atoms with Gasteiger partial charge in [0.25, 0.3) is 5.56 Å². The van der Waals surface area contributed by atoms with Crippen molar-refractivity contribution in [1.29, 1.82) is 5.26 Å². The van der Waals surface area contributed by atoms with Crippen molar-refractivity contribution in [2.45, 2.75) is 19.4 Å². The van der Waals surface area contributed by atoms with Gasteiger partial charge in [-0.15, -0.1) is 0 Å². The molecule has 0 aliphatic carbocycles. The molecule has 1 aliphatic heterocycles. The van der Waals surface area contributed by atoms with Gasteiger partial charge in [-0.25, -0.2) is 8.42 Å². The fourth-order valence-electron chi connectivity index (χ4n) is 3.11. The van der Waals surface area contributed by atoms with Gasteiger partial charge in [0.1, 0.15) is 11.6 Å². The van der Waals surface area contributed by atoms with Crippen LogP contribution in [0.5, 0.6) is 5.88 Å². The maximum absolute atomic E-state index is 12.6. The summed E-state index contributed by atoms with van der Waals surface area (Å²) in [6.07, 6.45) is 1.60. The molecular formula is C18H16BrN3O4S. The molecule has 2 heterocycles. The lowest BCUT2D eigenvalue weighted by Gasteiger charge is -2.18. The van der Waals surface area contributed by atoms with Gasteiger partial charge in [-0.3, -0.25) is 14.4 Å². The van der Waals surface area contributed by atoms with E-state index < -0.39 is 21.4 Å². The van der Waals surface area contributed by atoms with Crippen molar-refractivity contribution in [1.82, 2.24) is 4.57 Å². The van der Waals surface area contributed by atoms with Gasteiger partial charge >= 0.3 is 0 Å². The Morgan fingerprint density at radius 1 is 1.44 bits per heavy atom. The maximum atomic E-state index is 12.6. The van der Waals surface area contributed by atoms with Crippen LogP contribution in [-0.2, 0) is 9.84 Å². The molecule has 9 heteroatoms. The molecule has 2 aromatic rings. The fraction of sp³-hybridized carbons (Fsp3) is 0.278. The highest BCUT2D eigenvalue weighted by Gasteiger charge is 2.33. The van der Waals surface area contributed by atoms with Crippen molar-refractivity contribution < 1.29 is 13.5 Å². The summed E-state index contributed by atoms with van der Waals surface area (Å²) >= 11 is 3.35. The molecule has 1 fully saturated rings. The van der Waals surface area contributed by atoms with E-state index in [0.717, 1.165) is 9.04 Å². The molecule has 0 amide bonds. The van der Waals surface area contributed by atoms with Gasteiger partial charge in [-0.2, -0.15) is 5.26 Å². The van der Waals surface area contributed by atoms with E-state index in [0.29, 0.717) is 11.3 Å². The van der Waals surface area contributed by atoms with Crippen LogP contribution in [0.15, 0.2) is 38.5 Å². The van der Waals surface area contributed by atoms with E-state index in [-0.39, 0.29) is 34.9 Å². The molecule has 140 valence electrons. The number of rotatable bonds is 3. The normalized spacial score (nSPS) is 18.6. The van der Waals surface area contributed by atoms with Crippen molar-refractivity contribution in [3.8, 4) is 11.9 Å². The summed E-state index contributed by atoms with van der Waals surface area (Å²) in [5.41, 5.74) is 0.316. The predicted molar refractivity (Wildman–Crippen MR) is 106 cm³/mol. The van der Waals surface area contributed by atoms with Crippen LogP contribution in [0.1, 0.15) is 29.2 Å². The Balaban J connectivity index is 2.16. The van der Waals surface area contributed by atoms with Gasteiger partial charge in [-0.05, 0) is 37.1 Å². The molecule has 1 atom stereocenters. The third kappa shape index (κ3) is 3.82. The number of hydrogen-bond donors (Lipinski definition) is 1. The zero-order valence-electron chi connectivity index (χ0n) is 14.4. The molecule has 1 aromatic carbocycles. The second-order valence-electron chi connectivity index (χ2n) is 6.32. The number of nitriles is 1. The van der Waals surface area contributed by atoms with Crippen LogP contribution in [0.2, 0.25) is 0 Å². The summed E-state index contributed by atoms with van der Waals surface area (Å²) in [5.74, 6) is -0.672. The average molecular weight is 450 g/mol. The number of nitrogens with zero attached hydrogens (tertiary/aromatic N) is 3. The van der Waals surface area contributed by atoms with Gasteiger partial charge in [0.05, 0.1) is 28.8 Å². The van der Waals surface area contributed by atoms with Crippen molar-refractivity contribution in [3.63, 3.8) is 0 Å². The van der Waals surface area contributed by atoms with Crippen LogP contribution in [0.3, 0.4) is 0 Å². The highest BCUT2D eigenvalue weighted by atomic mass is 79.9. The molecule has 1 aliphatic rings. The van der Waals surface area contributed by atoms with E-state index in [1.807, 2.05) is 12.1 Å². The Kier molecular flexibility index (Phi) is 5.22. The van der Waals surface area contributed by atoms with Crippen LogP contribution in [0.25, 0.3) is 0 Å². The van der Waals surface area contributed by atoms with Crippen LogP contribution in [-0.4, -0.2) is 35.8 Å². The lowest BCUT2D eigenvalue weighted by Crippen LogP contribution is -2.29. The lowest BCUT2D eigenvalue weighted by atomic mass is 10.0. The number of benzene rings is 1. The zero-order chi connectivity index (χ0) is 19.8. The first-order valence-corrected chi connectivity index (χ1v) is 10.7. The van der Waals surface area contributed by atoms with Crippen LogP contribution in [0, 0.1) is 18.3 Å². The van der Waals surface area contributed by atoms with Gasteiger partial charge in [0, 0.05) is 10.7 Å². The first-order chi connectivity index (χ1) is 12.7. The van der Waals surface area contributed by atoms with Crippen molar-refractivity contribution in [2.24, 2.45) is 4.99 Å². The number of hydrogen-bond acceptors (Lipinski definition) is 6. The number of halogens is 1. The molecular weight excluding hydrogens is 434 g/mol. The SMILES string of the molecule is Cc1c(C=Nc2cccc(Br)c2)c(O)n([C@H]2CCS(=O)(=O)C2)c(=O)c1C#N. The van der Waals surface area contributed by atoms with E-state index in [9.17, 15) is 23.6 Å². The largest absolute Gasteiger partial charge is 0.494 e. The fourth-order valence-corrected chi connectivity index (χ4v) is 5.20. The molecule has 0 saturated carbocycles. The number of pyridine rings is 1. The summed E-state index contributed by atoms with van der Waals surface area (Å²) in [6, 6.07) is 8.34. The van der Waals surface area contributed by atoms with Gasteiger partial charge < -0.3 is 5.11 Å². The Labute approximate surface area is 164 Å². The molecule has 3 rings (SSSR count).